The number of aryl methyl sites for hydroxylation is 2. The van der Waals surface area contributed by atoms with Gasteiger partial charge in [-0.1, -0.05) is 12.1 Å². The van der Waals surface area contributed by atoms with E-state index in [4.69, 9.17) is 4.74 Å². The average Bonchev–Trinajstić information content (AvgIpc) is 3.06. The van der Waals surface area contributed by atoms with Gasteiger partial charge in [-0.15, -0.1) is 0 Å². The molecule has 2 amide bonds. The number of morpholine rings is 1. The molecule has 2 heterocycles. The predicted octanol–water partition coefficient (Wildman–Crippen LogP) is 1.67. The fourth-order valence-electron chi connectivity index (χ4n) is 3.46. The second kappa shape index (κ2) is 9.58. The maximum Gasteiger partial charge on any atom is 0.322 e. The van der Waals surface area contributed by atoms with Crippen LogP contribution in [-0.2, 0) is 18.3 Å². The molecule has 1 aromatic heterocycles. The van der Waals surface area contributed by atoms with E-state index >= 15 is 0 Å². The lowest BCUT2D eigenvalue weighted by Gasteiger charge is -2.26. The third kappa shape index (κ3) is 5.84. The molecule has 0 radical (unpaired) electrons. The first-order chi connectivity index (χ1) is 13.1. The van der Waals surface area contributed by atoms with Crippen LogP contribution >= 0.6 is 0 Å². The second-order valence-corrected chi connectivity index (χ2v) is 7.30. The normalized spacial score (nSPS) is 14.9. The van der Waals surface area contributed by atoms with Crippen LogP contribution in [0.4, 0.5) is 10.5 Å². The highest BCUT2D eigenvalue weighted by atomic mass is 16.5. The fraction of sp³-hybridized carbons (Fsp3) is 0.476. The van der Waals surface area contributed by atoms with E-state index in [1.807, 2.05) is 55.4 Å². The molecule has 27 heavy (non-hydrogen) atoms. The van der Waals surface area contributed by atoms with Gasteiger partial charge in [-0.3, -0.25) is 0 Å². The highest BCUT2D eigenvalue weighted by Crippen LogP contribution is 2.12. The van der Waals surface area contributed by atoms with Crippen molar-refractivity contribution in [1.29, 1.82) is 0 Å². The van der Waals surface area contributed by atoms with Crippen molar-refractivity contribution in [1.82, 2.24) is 9.47 Å². The Morgan fingerprint density at radius 3 is 2.78 bits per heavy atom. The Morgan fingerprint density at radius 1 is 1.26 bits per heavy atom. The highest BCUT2D eigenvalue weighted by Gasteiger charge is 2.18. The van der Waals surface area contributed by atoms with Crippen LogP contribution in [0, 0.1) is 6.92 Å². The summed E-state index contributed by atoms with van der Waals surface area (Å²) in [6, 6.07) is 12.0. The minimum atomic E-state index is -0.0428. The van der Waals surface area contributed by atoms with Gasteiger partial charge in [0.05, 0.1) is 26.3 Å². The van der Waals surface area contributed by atoms with Crippen LogP contribution in [0.5, 0.6) is 0 Å². The van der Waals surface area contributed by atoms with Crippen LogP contribution < -0.4 is 10.2 Å². The van der Waals surface area contributed by atoms with E-state index in [1.165, 1.54) is 0 Å². The van der Waals surface area contributed by atoms with E-state index in [-0.39, 0.29) is 6.03 Å². The number of rotatable bonds is 7. The number of benzene rings is 1. The summed E-state index contributed by atoms with van der Waals surface area (Å²) in [5.41, 5.74) is 3.11. The van der Waals surface area contributed by atoms with Crippen molar-refractivity contribution in [2.75, 3.05) is 44.7 Å². The van der Waals surface area contributed by atoms with Crippen molar-refractivity contribution in [3.8, 4) is 0 Å². The van der Waals surface area contributed by atoms with Gasteiger partial charge < -0.3 is 24.4 Å². The summed E-state index contributed by atoms with van der Waals surface area (Å²) in [4.78, 5) is 16.4. The van der Waals surface area contributed by atoms with E-state index in [0.29, 0.717) is 6.54 Å². The smallest absolute Gasteiger partial charge is 0.322 e. The summed E-state index contributed by atoms with van der Waals surface area (Å²) in [6.45, 7) is 8.27. The van der Waals surface area contributed by atoms with Gasteiger partial charge in [0.2, 0.25) is 0 Å². The van der Waals surface area contributed by atoms with Crippen molar-refractivity contribution in [3.05, 3.63) is 53.9 Å². The van der Waals surface area contributed by atoms with E-state index in [2.05, 4.69) is 16.0 Å². The number of nitrogens with one attached hydrogen (secondary N) is 2. The van der Waals surface area contributed by atoms with Crippen LogP contribution in [0.3, 0.4) is 0 Å². The molecule has 1 aromatic carbocycles. The number of ether oxygens (including phenoxy) is 1. The van der Waals surface area contributed by atoms with Gasteiger partial charge in [-0.25, -0.2) is 4.79 Å². The summed E-state index contributed by atoms with van der Waals surface area (Å²) in [5, 5.41) is 3.05. The molecule has 6 heteroatoms. The number of aromatic nitrogens is 1. The van der Waals surface area contributed by atoms with Gasteiger partial charge in [0.1, 0.15) is 13.1 Å². The number of urea groups is 1. The minimum Gasteiger partial charge on any atom is -0.370 e. The Hall–Kier alpha value is -2.31. The first-order valence-corrected chi connectivity index (χ1v) is 9.76. The van der Waals surface area contributed by atoms with Crippen LogP contribution in [0.2, 0.25) is 0 Å². The molecule has 1 aliphatic rings. The highest BCUT2D eigenvalue weighted by molar-refractivity contribution is 5.89. The zero-order valence-electron chi connectivity index (χ0n) is 16.4. The summed E-state index contributed by atoms with van der Waals surface area (Å²) in [6.07, 6.45) is 3.00. The third-order valence-corrected chi connectivity index (χ3v) is 5.12. The van der Waals surface area contributed by atoms with Crippen molar-refractivity contribution in [3.63, 3.8) is 0 Å². The van der Waals surface area contributed by atoms with E-state index in [1.54, 1.807) is 4.90 Å². The van der Waals surface area contributed by atoms with Crippen molar-refractivity contribution < 1.29 is 14.4 Å². The molecule has 6 nitrogen and oxygen atoms in total. The maximum atomic E-state index is 12.9. The molecule has 0 unspecified atom stereocenters. The van der Waals surface area contributed by atoms with Gasteiger partial charge in [0, 0.05) is 37.6 Å². The standard InChI is InChI=1S/C21H30N4O2/c1-18-6-3-7-19(16-18)22-21(26)25(17-20-8-4-9-23(20)2)11-5-10-24-12-14-27-15-13-24/h3-4,6-9,16H,5,10-15,17H2,1-2H3,(H,22,26)/p+1. The molecule has 1 saturated heterocycles. The topological polar surface area (TPSA) is 50.9 Å². The number of quaternary nitrogens is 1. The Labute approximate surface area is 161 Å². The van der Waals surface area contributed by atoms with Gasteiger partial charge in [0.15, 0.2) is 0 Å². The molecule has 0 bridgehead atoms. The quantitative estimate of drug-likeness (QED) is 0.778. The molecule has 2 aromatic rings. The number of amides is 2. The van der Waals surface area contributed by atoms with Crippen LogP contribution in [-0.4, -0.2) is 54.9 Å². The Morgan fingerprint density at radius 2 is 2.07 bits per heavy atom. The fourth-order valence-corrected chi connectivity index (χ4v) is 3.46. The van der Waals surface area contributed by atoms with E-state index < -0.39 is 0 Å². The number of nitrogens with zero attached hydrogens (tertiary/aromatic N) is 2. The molecule has 1 aliphatic heterocycles. The van der Waals surface area contributed by atoms with E-state index in [9.17, 15) is 4.79 Å². The summed E-state index contributed by atoms with van der Waals surface area (Å²) in [5.74, 6) is 0. The van der Waals surface area contributed by atoms with Gasteiger partial charge in [-0.05, 0) is 36.8 Å². The van der Waals surface area contributed by atoms with E-state index in [0.717, 1.165) is 62.8 Å². The molecule has 2 N–H and O–H groups in total. The largest absolute Gasteiger partial charge is 0.370 e. The zero-order chi connectivity index (χ0) is 19.1. The van der Waals surface area contributed by atoms with Crippen molar-refractivity contribution >= 4 is 11.7 Å². The van der Waals surface area contributed by atoms with Crippen LogP contribution in [0.15, 0.2) is 42.6 Å². The average molecular weight is 372 g/mol. The number of carbonyl (C=O) groups is 1. The Bertz CT molecular complexity index is 737. The summed E-state index contributed by atoms with van der Waals surface area (Å²) in [7, 11) is 2.02. The molecule has 0 spiro atoms. The first kappa shape index (κ1) is 19.5. The monoisotopic (exact) mass is 371 g/mol. The molecular weight excluding hydrogens is 340 g/mol. The zero-order valence-corrected chi connectivity index (χ0v) is 16.4. The number of anilines is 1. The molecule has 3 rings (SSSR count). The lowest BCUT2D eigenvalue weighted by atomic mass is 10.2. The maximum absolute atomic E-state index is 12.9. The van der Waals surface area contributed by atoms with Gasteiger partial charge in [-0.2, -0.15) is 0 Å². The molecule has 146 valence electrons. The van der Waals surface area contributed by atoms with Crippen molar-refractivity contribution in [2.24, 2.45) is 7.05 Å². The molecule has 0 atom stereocenters. The van der Waals surface area contributed by atoms with Crippen LogP contribution in [0.25, 0.3) is 0 Å². The molecular formula is C21H31N4O2+. The number of carbonyl (C=O) groups excluding carboxylic acids is 1. The third-order valence-electron chi connectivity index (χ3n) is 5.12. The second-order valence-electron chi connectivity index (χ2n) is 7.30. The van der Waals surface area contributed by atoms with Gasteiger partial charge >= 0.3 is 6.03 Å². The Kier molecular flexibility index (Phi) is 6.90. The molecule has 0 saturated carbocycles. The number of hydrogen-bond donors (Lipinski definition) is 2. The lowest BCUT2D eigenvalue weighted by Crippen LogP contribution is -3.14. The Balaban J connectivity index is 1.61. The molecule has 0 aliphatic carbocycles. The predicted molar refractivity (Wildman–Crippen MR) is 107 cm³/mol. The minimum absolute atomic E-state index is 0.0428. The SMILES string of the molecule is Cc1cccc(NC(=O)N(CCC[NH+]2CCOCC2)Cc2cccn2C)c1. The first-order valence-electron chi connectivity index (χ1n) is 9.76. The summed E-state index contributed by atoms with van der Waals surface area (Å²) >= 11 is 0. The summed E-state index contributed by atoms with van der Waals surface area (Å²) < 4.78 is 7.50. The lowest BCUT2D eigenvalue weighted by molar-refractivity contribution is -0.908. The number of hydrogen-bond acceptors (Lipinski definition) is 2. The van der Waals surface area contributed by atoms with Crippen molar-refractivity contribution in [2.45, 2.75) is 19.9 Å². The van der Waals surface area contributed by atoms with Crippen LogP contribution in [0.1, 0.15) is 17.7 Å². The molecule has 1 fully saturated rings. The van der Waals surface area contributed by atoms with Gasteiger partial charge in [0.25, 0.3) is 0 Å².